The lowest BCUT2D eigenvalue weighted by Gasteiger charge is -2.10. The molecule has 0 saturated heterocycles. The zero-order chi connectivity index (χ0) is 21.3. The number of hydrogen-bond donors (Lipinski definition) is 1. The number of halogens is 1. The summed E-state index contributed by atoms with van der Waals surface area (Å²) in [6, 6.07) is 13.0. The van der Waals surface area contributed by atoms with Gasteiger partial charge in [0.15, 0.2) is 17.0 Å². The van der Waals surface area contributed by atoms with E-state index in [1.54, 1.807) is 19.1 Å². The number of nitrogens with zero attached hydrogens (tertiary/aromatic N) is 3. The summed E-state index contributed by atoms with van der Waals surface area (Å²) < 4.78 is 26.2. The van der Waals surface area contributed by atoms with Gasteiger partial charge < -0.3 is 14.5 Å². The number of aromatic nitrogens is 3. The molecule has 1 amide bonds. The third-order valence-corrected chi connectivity index (χ3v) is 4.78. The lowest BCUT2D eigenvalue weighted by molar-refractivity contribution is 0.0930. The van der Waals surface area contributed by atoms with Gasteiger partial charge >= 0.3 is 0 Å². The van der Waals surface area contributed by atoms with E-state index in [0.29, 0.717) is 35.1 Å². The van der Waals surface area contributed by atoms with Crippen molar-refractivity contribution < 1.29 is 18.3 Å². The zero-order valence-corrected chi connectivity index (χ0v) is 16.8. The fourth-order valence-corrected chi connectivity index (χ4v) is 3.24. The van der Waals surface area contributed by atoms with Gasteiger partial charge in [-0.3, -0.25) is 4.79 Å². The highest BCUT2D eigenvalue weighted by atomic mass is 19.1. The molecule has 0 saturated carbocycles. The third-order valence-electron chi connectivity index (χ3n) is 4.78. The number of carbonyl (C=O) groups is 1. The van der Waals surface area contributed by atoms with E-state index < -0.39 is 6.04 Å². The Labute approximate surface area is 172 Å². The Morgan fingerprint density at radius 3 is 2.77 bits per heavy atom. The summed E-state index contributed by atoms with van der Waals surface area (Å²) in [5.41, 5.74) is 2.01. The van der Waals surface area contributed by atoms with Crippen molar-refractivity contribution in [3.05, 3.63) is 71.5 Å². The van der Waals surface area contributed by atoms with Crippen LogP contribution >= 0.6 is 0 Å². The Bertz CT molecular complexity index is 1200. The van der Waals surface area contributed by atoms with Crippen molar-refractivity contribution >= 4 is 16.9 Å². The minimum absolute atomic E-state index is 0.192. The first kappa shape index (κ1) is 19.6. The van der Waals surface area contributed by atoms with E-state index in [9.17, 15) is 9.18 Å². The maximum absolute atomic E-state index is 13.2. The lowest BCUT2D eigenvalue weighted by Crippen LogP contribution is -2.27. The fourth-order valence-electron chi connectivity index (χ4n) is 3.24. The number of furan rings is 1. The SMILES string of the molecule is CCOc1cccc2cc(C(C)NC(=O)c3nnn(-c4ccc(F)cc4)c3C)oc12. The van der Waals surface area contributed by atoms with Crippen LogP contribution in [0.15, 0.2) is 52.9 Å². The molecule has 4 aromatic rings. The number of amides is 1. The Morgan fingerprint density at radius 1 is 1.27 bits per heavy atom. The van der Waals surface area contributed by atoms with Crippen LogP contribution < -0.4 is 10.1 Å². The van der Waals surface area contributed by atoms with Gasteiger partial charge in [-0.15, -0.1) is 5.10 Å². The molecule has 4 rings (SSSR count). The summed E-state index contributed by atoms with van der Waals surface area (Å²) in [4.78, 5) is 12.8. The van der Waals surface area contributed by atoms with E-state index in [0.717, 1.165) is 5.39 Å². The van der Waals surface area contributed by atoms with Crippen LogP contribution in [0.2, 0.25) is 0 Å². The highest BCUT2D eigenvalue weighted by Gasteiger charge is 2.21. The molecule has 1 atom stereocenters. The number of rotatable bonds is 6. The molecule has 0 aliphatic carbocycles. The monoisotopic (exact) mass is 408 g/mol. The minimum Gasteiger partial charge on any atom is -0.490 e. The predicted octanol–water partition coefficient (Wildman–Crippen LogP) is 4.35. The van der Waals surface area contributed by atoms with E-state index in [-0.39, 0.29) is 17.4 Å². The maximum atomic E-state index is 13.2. The van der Waals surface area contributed by atoms with E-state index in [1.165, 1.54) is 16.8 Å². The van der Waals surface area contributed by atoms with Crippen LogP contribution in [-0.4, -0.2) is 27.5 Å². The lowest BCUT2D eigenvalue weighted by atomic mass is 10.2. The van der Waals surface area contributed by atoms with Gasteiger partial charge in [0.25, 0.3) is 5.91 Å². The number of hydrogen-bond acceptors (Lipinski definition) is 5. The van der Waals surface area contributed by atoms with E-state index in [2.05, 4.69) is 15.6 Å². The van der Waals surface area contributed by atoms with Crippen molar-refractivity contribution in [3.63, 3.8) is 0 Å². The average molecular weight is 408 g/mol. The second-order valence-corrected chi connectivity index (χ2v) is 6.86. The largest absolute Gasteiger partial charge is 0.490 e. The van der Waals surface area contributed by atoms with Crippen molar-refractivity contribution in [1.82, 2.24) is 20.3 Å². The molecule has 0 spiro atoms. The molecule has 1 N–H and O–H groups in total. The van der Waals surface area contributed by atoms with Gasteiger partial charge in [0.1, 0.15) is 11.6 Å². The molecular weight excluding hydrogens is 387 g/mol. The molecule has 0 fully saturated rings. The number of fused-ring (bicyclic) bond motifs is 1. The van der Waals surface area contributed by atoms with Crippen LogP contribution in [0, 0.1) is 12.7 Å². The molecule has 30 heavy (non-hydrogen) atoms. The molecule has 154 valence electrons. The van der Waals surface area contributed by atoms with Gasteiger partial charge in [-0.05, 0) is 57.2 Å². The first-order valence-electron chi connectivity index (χ1n) is 9.62. The number of nitrogens with one attached hydrogen (secondary N) is 1. The van der Waals surface area contributed by atoms with Crippen molar-refractivity contribution in [2.75, 3.05) is 6.61 Å². The second-order valence-electron chi connectivity index (χ2n) is 6.86. The zero-order valence-electron chi connectivity index (χ0n) is 16.8. The Hall–Kier alpha value is -3.68. The summed E-state index contributed by atoms with van der Waals surface area (Å²) in [6.07, 6.45) is 0. The highest BCUT2D eigenvalue weighted by Crippen LogP contribution is 2.31. The summed E-state index contributed by atoms with van der Waals surface area (Å²) in [5, 5.41) is 11.8. The third kappa shape index (κ3) is 3.63. The van der Waals surface area contributed by atoms with Gasteiger partial charge in [0.2, 0.25) is 0 Å². The van der Waals surface area contributed by atoms with Crippen LogP contribution in [0.5, 0.6) is 5.75 Å². The van der Waals surface area contributed by atoms with Crippen LogP contribution in [0.1, 0.15) is 41.8 Å². The molecule has 0 aliphatic rings. The van der Waals surface area contributed by atoms with Crippen molar-refractivity contribution in [2.24, 2.45) is 0 Å². The Morgan fingerprint density at radius 2 is 2.03 bits per heavy atom. The molecule has 0 aliphatic heterocycles. The Balaban J connectivity index is 1.55. The van der Waals surface area contributed by atoms with Crippen LogP contribution in [0.3, 0.4) is 0 Å². The molecule has 0 bridgehead atoms. The molecule has 2 heterocycles. The second kappa shape index (κ2) is 7.98. The van der Waals surface area contributed by atoms with Crippen molar-refractivity contribution in [1.29, 1.82) is 0 Å². The molecule has 0 radical (unpaired) electrons. The van der Waals surface area contributed by atoms with E-state index in [1.807, 2.05) is 38.1 Å². The standard InChI is InChI=1S/C22H21FN4O3/c1-4-29-18-7-5-6-15-12-19(30-21(15)18)13(2)24-22(28)20-14(3)27(26-25-20)17-10-8-16(23)9-11-17/h5-13H,4H2,1-3H3,(H,24,28). The van der Waals surface area contributed by atoms with Gasteiger partial charge in [-0.25, -0.2) is 9.07 Å². The van der Waals surface area contributed by atoms with Gasteiger partial charge in [0, 0.05) is 5.39 Å². The maximum Gasteiger partial charge on any atom is 0.274 e. The van der Waals surface area contributed by atoms with E-state index in [4.69, 9.17) is 9.15 Å². The topological polar surface area (TPSA) is 82.2 Å². The fraction of sp³-hybridized carbons (Fsp3) is 0.227. The number of para-hydroxylation sites is 1. The smallest absolute Gasteiger partial charge is 0.274 e. The van der Waals surface area contributed by atoms with E-state index >= 15 is 0 Å². The molecule has 7 nitrogen and oxygen atoms in total. The Kier molecular flexibility index (Phi) is 5.22. The molecular formula is C22H21FN4O3. The van der Waals surface area contributed by atoms with Crippen LogP contribution in [0.4, 0.5) is 4.39 Å². The number of benzene rings is 2. The molecule has 1 unspecified atom stereocenters. The quantitative estimate of drug-likeness (QED) is 0.513. The molecule has 8 heteroatoms. The highest BCUT2D eigenvalue weighted by molar-refractivity contribution is 5.93. The summed E-state index contributed by atoms with van der Waals surface area (Å²) in [6.45, 7) is 6.01. The number of carbonyl (C=O) groups excluding carboxylic acids is 1. The van der Waals surface area contributed by atoms with Gasteiger partial charge in [-0.2, -0.15) is 0 Å². The minimum atomic E-state index is -0.394. The van der Waals surface area contributed by atoms with Crippen LogP contribution in [-0.2, 0) is 0 Å². The van der Waals surface area contributed by atoms with Gasteiger partial charge in [0.05, 0.1) is 24.0 Å². The summed E-state index contributed by atoms with van der Waals surface area (Å²) >= 11 is 0. The van der Waals surface area contributed by atoms with Crippen molar-refractivity contribution in [3.8, 4) is 11.4 Å². The first-order valence-corrected chi connectivity index (χ1v) is 9.62. The normalized spacial score (nSPS) is 12.1. The number of ether oxygens (including phenoxy) is 1. The molecule has 2 aromatic carbocycles. The summed E-state index contributed by atoms with van der Waals surface area (Å²) in [5.74, 6) is 0.549. The average Bonchev–Trinajstić information content (AvgIpc) is 3.33. The van der Waals surface area contributed by atoms with Crippen molar-refractivity contribution in [2.45, 2.75) is 26.8 Å². The first-order chi connectivity index (χ1) is 14.5. The van der Waals surface area contributed by atoms with Crippen LogP contribution in [0.25, 0.3) is 16.7 Å². The predicted molar refractivity (Wildman–Crippen MR) is 109 cm³/mol. The van der Waals surface area contributed by atoms with Gasteiger partial charge in [-0.1, -0.05) is 17.3 Å². The molecule has 2 aromatic heterocycles. The summed E-state index contributed by atoms with van der Waals surface area (Å²) in [7, 11) is 0.